The third-order valence-electron chi connectivity index (χ3n) is 2.64. The van der Waals surface area contributed by atoms with Crippen LogP contribution < -0.4 is 24.0 Å². The van der Waals surface area contributed by atoms with E-state index in [-0.39, 0.29) is 24.6 Å². The maximum atomic E-state index is 12.0. The monoisotopic (exact) mass is 254 g/mol. The number of rotatable bonds is 3. The van der Waals surface area contributed by atoms with E-state index in [1.54, 1.807) is 0 Å². The standard InChI is InChI=1S/C14H19NO3.Li/c1-8-6-9(2)12(10(3)7-8)13(16)15-11(4)14(17)18-5;/h6-7H,1-5H3,(H2,15,16,17);/q;+1/p-2/b14-11+;. The summed E-state index contributed by atoms with van der Waals surface area (Å²) in [6.07, 6.45) is 0. The summed E-state index contributed by atoms with van der Waals surface area (Å²) in [4.78, 5) is 12.0. The molecule has 0 spiro atoms. The third kappa shape index (κ3) is 4.34. The van der Waals surface area contributed by atoms with E-state index in [0.29, 0.717) is 5.56 Å². The number of hydrogen-bond acceptors (Lipinski definition) is 3. The quantitative estimate of drug-likeness (QED) is 0.530. The van der Waals surface area contributed by atoms with Gasteiger partial charge in [-0.15, -0.1) is 5.70 Å². The minimum Gasteiger partial charge on any atom is -0.625 e. The van der Waals surface area contributed by atoms with Crippen LogP contribution in [-0.4, -0.2) is 13.0 Å². The molecule has 0 unspecified atom stereocenters. The van der Waals surface area contributed by atoms with Gasteiger partial charge >= 0.3 is 18.9 Å². The maximum Gasteiger partial charge on any atom is 1.00 e. The summed E-state index contributed by atoms with van der Waals surface area (Å²) in [7, 11) is 1.26. The molecule has 1 aromatic carbocycles. The first-order valence-electron chi connectivity index (χ1n) is 5.62. The molecule has 1 aromatic rings. The Labute approximate surface area is 126 Å². The molecule has 1 rings (SSSR count). The zero-order chi connectivity index (χ0) is 13.9. The Balaban J connectivity index is 0.00000324. The Bertz CT molecular complexity index is 486. The Hall–Kier alpha value is -1.37. The van der Waals surface area contributed by atoms with Gasteiger partial charge in [-0.05, 0) is 39.0 Å². The predicted molar refractivity (Wildman–Crippen MR) is 68.1 cm³/mol. The van der Waals surface area contributed by atoms with Crippen molar-refractivity contribution in [3.8, 4) is 0 Å². The van der Waals surface area contributed by atoms with Gasteiger partial charge in [0.25, 0.3) is 0 Å². The summed E-state index contributed by atoms with van der Waals surface area (Å²) < 4.78 is 4.51. The number of carbonyl (C=O) groups excluding carboxylic acids is 1. The number of methoxy groups -OCH3 is 1. The SMILES string of the molecule is CO/C([O-])=C(\C)[N-]C(=O)c1c(C)cc(C)cc1C.[Li+]. The number of nitrogens with zero attached hydrogens (tertiary/aromatic N) is 1. The van der Waals surface area contributed by atoms with Gasteiger partial charge in [-0.3, -0.25) is 0 Å². The van der Waals surface area contributed by atoms with E-state index in [2.05, 4.69) is 10.1 Å². The largest absolute Gasteiger partial charge is 1.00 e. The molecule has 98 valence electrons. The van der Waals surface area contributed by atoms with Crippen LogP contribution in [0.1, 0.15) is 34.0 Å². The van der Waals surface area contributed by atoms with E-state index in [9.17, 15) is 9.90 Å². The molecule has 0 fully saturated rings. The minimum atomic E-state index is -0.592. The van der Waals surface area contributed by atoms with E-state index in [1.165, 1.54) is 14.0 Å². The zero-order valence-electron chi connectivity index (χ0n) is 12.3. The molecule has 1 amide bonds. The van der Waals surface area contributed by atoms with Crippen molar-refractivity contribution in [1.82, 2.24) is 0 Å². The average molecular weight is 254 g/mol. The van der Waals surface area contributed by atoms with Gasteiger partial charge < -0.3 is 20.0 Å². The predicted octanol–water partition coefficient (Wildman–Crippen LogP) is -0.675. The van der Waals surface area contributed by atoms with Crippen LogP contribution in [-0.2, 0) is 4.74 Å². The molecule has 0 aliphatic rings. The number of amides is 1. The minimum absolute atomic E-state index is 0. The molecule has 0 radical (unpaired) electrons. The molecule has 5 heteroatoms. The van der Waals surface area contributed by atoms with Gasteiger partial charge in [-0.25, -0.2) is 0 Å². The van der Waals surface area contributed by atoms with Crippen LogP contribution in [0.4, 0.5) is 0 Å². The second-order valence-electron chi connectivity index (χ2n) is 4.27. The van der Waals surface area contributed by atoms with Crippen molar-refractivity contribution in [2.24, 2.45) is 0 Å². The van der Waals surface area contributed by atoms with Gasteiger partial charge in [0.2, 0.25) is 0 Å². The Morgan fingerprint density at radius 2 is 1.68 bits per heavy atom. The van der Waals surface area contributed by atoms with E-state index in [0.717, 1.165) is 16.7 Å². The van der Waals surface area contributed by atoms with Crippen molar-refractivity contribution in [1.29, 1.82) is 0 Å². The third-order valence-corrected chi connectivity index (χ3v) is 2.64. The zero-order valence-corrected chi connectivity index (χ0v) is 12.3. The molecule has 0 heterocycles. The van der Waals surface area contributed by atoms with Crippen LogP contribution in [0.5, 0.6) is 0 Å². The van der Waals surface area contributed by atoms with Gasteiger partial charge in [0.05, 0.1) is 5.91 Å². The maximum absolute atomic E-state index is 12.0. The van der Waals surface area contributed by atoms with Crippen LogP contribution >= 0.6 is 0 Å². The van der Waals surface area contributed by atoms with Crippen molar-refractivity contribution in [2.75, 3.05) is 7.11 Å². The second kappa shape index (κ2) is 7.27. The first kappa shape index (κ1) is 17.6. The summed E-state index contributed by atoms with van der Waals surface area (Å²) in [5, 5.41) is 15.0. The van der Waals surface area contributed by atoms with Gasteiger partial charge in [-0.2, -0.15) is 0 Å². The van der Waals surface area contributed by atoms with E-state index in [4.69, 9.17) is 0 Å². The van der Waals surface area contributed by atoms with Crippen molar-refractivity contribution in [3.05, 3.63) is 51.3 Å². The molecular weight excluding hydrogens is 237 g/mol. The van der Waals surface area contributed by atoms with Gasteiger partial charge in [0.1, 0.15) is 0 Å². The fourth-order valence-corrected chi connectivity index (χ4v) is 1.92. The molecule has 0 aromatic heterocycles. The number of allylic oxidation sites excluding steroid dienone is 1. The Kier molecular flexibility index (Phi) is 6.75. The molecule has 0 saturated carbocycles. The molecule has 0 saturated heterocycles. The summed E-state index contributed by atoms with van der Waals surface area (Å²) in [5.74, 6) is -1.00. The van der Waals surface area contributed by atoms with Crippen molar-refractivity contribution >= 4 is 5.91 Å². The molecule has 19 heavy (non-hydrogen) atoms. The molecule has 4 nitrogen and oxygen atoms in total. The summed E-state index contributed by atoms with van der Waals surface area (Å²) in [5.41, 5.74) is 3.42. The van der Waals surface area contributed by atoms with Crippen molar-refractivity contribution in [2.45, 2.75) is 27.7 Å². The number of benzene rings is 1. The first-order chi connectivity index (χ1) is 8.36. The van der Waals surface area contributed by atoms with Crippen molar-refractivity contribution < 1.29 is 33.5 Å². The summed E-state index contributed by atoms with van der Waals surface area (Å²) >= 11 is 0. The van der Waals surface area contributed by atoms with Gasteiger partial charge in [0.15, 0.2) is 0 Å². The fraction of sp³-hybridized carbons (Fsp3) is 0.357. The van der Waals surface area contributed by atoms with Crippen LogP contribution in [0.15, 0.2) is 23.8 Å². The van der Waals surface area contributed by atoms with Gasteiger partial charge in [-0.1, -0.05) is 24.6 Å². The normalized spacial score (nSPS) is 11.2. The molecule has 0 bridgehead atoms. The number of aryl methyl sites for hydroxylation is 3. The van der Waals surface area contributed by atoms with E-state index >= 15 is 0 Å². The molecule has 0 aliphatic heterocycles. The van der Waals surface area contributed by atoms with Crippen LogP contribution in [0.3, 0.4) is 0 Å². The van der Waals surface area contributed by atoms with Crippen molar-refractivity contribution in [3.63, 3.8) is 0 Å². The summed E-state index contributed by atoms with van der Waals surface area (Å²) in [6, 6.07) is 3.84. The van der Waals surface area contributed by atoms with Crippen LogP contribution in [0.25, 0.3) is 5.32 Å². The second-order valence-corrected chi connectivity index (χ2v) is 4.27. The Morgan fingerprint density at radius 1 is 1.21 bits per heavy atom. The van der Waals surface area contributed by atoms with Crippen LogP contribution in [0, 0.1) is 20.8 Å². The Morgan fingerprint density at radius 3 is 2.11 bits per heavy atom. The molecule has 0 N–H and O–H groups in total. The number of ether oxygens (including phenoxy) is 1. The molecule has 0 aliphatic carbocycles. The van der Waals surface area contributed by atoms with E-state index in [1.807, 2.05) is 32.9 Å². The number of carbonyl (C=O) groups is 1. The number of hydrogen-bond donors (Lipinski definition) is 0. The van der Waals surface area contributed by atoms with E-state index < -0.39 is 11.9 Å². The van der Waals surface area contributed by atoms with Crippen LogP contribution in [0.2, 0.25) is 0 Å². The summed E-state index contributed by atoms with van der Waals surface area (Å²) in [6.45, 7) is 7.15. The topological polar surface area (TPSA) is 63.5 Å². The molecular formula is C14H17LiNO3-. The smallest absolute Gasteiger partial charge is 0.625 e. The fourth-order valence-electron chi connectivity index (χ4n) is 1.92. The first-order valence-corrected chi connectivity index (χ1v) is 5.62. The van der Waals surface area contributed by atoms with Gasteiger partial charge in [0, 0.05) is 11.5 Å². The average Bonchev–Trinajstić information content (AvgIpc) is 2.26. The molecule has 0 atom stereocenters.